The van der Waals surface area contributed by atoms with Crippen LogP contribution in [0.3, 0.4) is 0 Å². The van der Waals surface area contributed by atoms with E-state index in [9.17, 15) is 4.79 Å². The Labute approximate surface area is 132 Å². The van der Waals surface area contributed by atoms with Crippen LogP contribution in [0.1, 0.15) is 16.1 Å². The van der Waals surface area contributed by atoms with E-state index in [1.54, 1.807) is 30.5 Å². The SMILES string of the molecule is COC(=O)c1ccc(Nc2nccc3ccc(C#N)cc23)cn1. The average molecular weight is 304 g/mol. The summed E-state index contributed by atoms with van der Waals surface area (Å²) in [7, 11) is 1.31. The molecule has 0 aliphatic heterocycles. The Morgan fingerprint density at radius 3 is 2.78 bits per heavy atom. The Kier molecular flexibility index (Phi) is 3.85. The number of esters is 1. The number of fused-ring (bicyclic) bond motifs is 1. The van der Waals surface area contributed by atoms with Gasteiger partial charge in [-0.25, -0.2) is 14.8 Å². The molecule has 23 heavy (non-hydrogen) atoms. The number of hydrogen-bond donors (Lipinski definition) is 1. The van der Waals surface area contributed by atoms with E-state index < -0.39 is 5.97 Å². The molecule has 3 rings (SSSR count). The Morgan fingerprint density at radius 2 is 2.09 bits per heavy atom. The molecule has 6 nitrogen and oxygen atoms in total. The number of nitrogens with one attached hydrogen (secondary N) is 1. The lowest BCUT2D eigenvalue weighted by Gasteiger charge is -2.09. The van der Waals surface area contributed by atoms with Crippen LogP contribution in [0.25, 0.3) is 10.8 Å². The lowest BCUT2D eigenvalue weighted by atomic mass is 10.1. The molecular formula is C17H12N4O2. The van der Waals surface area contributed by atoms with Crippen LogP contribution in [0.4, 0.5) is 11.5 Å². The number of rotatable bonds is 3. The molecule has 2 heterocycles. The Hall–Kier alpha value is -3.46. The summed E-state index contributed by atoms with van der Waals surface area (Å²) in [5.41, 5.74) is 1.48. The second kappa shape index (κ2) is 6.12. The van der Waals surface area contributed by atoms with Gasteiger partial charge in [0.05, 0.1) is 30.6 Å². The molecule has 0 fully saturated rings. The van der Waals surface area contributed by atoms with Crippen molar-refractivity contribution in [2.24, 2.45) is 0 Å². The third-order valence-corrected chi connectivity index (χ3v) is 3.32. The summed E-state index contributed by atoms with van der Waals surface area (Å²) in [5, 5.41) is 14.0. The van der Waals surface area contributed by atoms with Crippen LogP contribution in [-0.2, 0) is 4.74 Å². The van der Waals surface area contributed by atoms with Gasteiger partial charge in [-0.2, -0.15) is 5.26 Å². The van der Waals surface area contributed by atoms with E-state index in [-0.39, 0.29) is 5.69 Å². The Balaban J connectivity index is 1.95. The van der Waals surface area contributed by atoms with E-state index in [0.717, 1.165) is 10.8 Å². The number of benzene rings is 1. The number of methoxy groups -OCH3 is 1. The highest BCUT2D eigenvalue weighted by atomic mass is 16.5. The average Bonchev–Trinajstić information content (AvgIpc) is 2.61. The van der Waals surface area contributed by atoms with Gasteiger partial charge < -0.3 is 10.1 Å². The number of carbonyl (C=O) groups excluding carboxylic acids is 1. The third-order valence-electron chi connectivity index (χ3n) is 3.32. The normalized spacial score (nSPS) is 10.1. The Bertz CT molecular complexity index is 914. The first-order valence-corrected chi connectivity index (χ1v) is 6.81. The molecule has 0 bridgehead atoms. The van der Waals surface area contributed by atoms with Gasteiger partial charge in [0.2, 0.25) is 0 Å². The number of nitrogens with zero attached hydrogens (tertiary/aromatic N) is 3. The monoisotopic (exact) mass is 304 g/mol. The molecule has 3 aromatic rings. The molecule has 0 spiro atoms. The largest absolute Gasteiger partial charge is 0.464 e. The van der Waals surface area contributed by atoms with Gasteiger partial charge in [-0.15, -0.1) is 0 Å². The van der Waals surface area contributed by atoms with Gasteiger partial charge in [0.25, 0.3) is 0 Å². The van der Waals surface area contributed by atoms with E-state index in [1.807, 2.05) is 12.1 Å². The van der Waals surface area contributed by atoms with Gasteiger partial charge in [-0.3, -0.25) is 0 Å². The molecule has 1 aromatic carbocycles. The zero-order valence-corrected chi connectivity index (χ0v) is 12.3. The van der Waals surface area contributed by atoms with Gasteiger partial charge in [0.1, 0.15) is 11.5 Å². The van der Waals surface area contributed by atoms with Gasteiger partial charge in [0.15, 0.2) is 0 Å². The van der Waals surface area contributed by atoms with E-state index in [2.05, 4.69) is 26.1 Å². The van der Waals surface area contributed by atoms with Gasteiger partial charge >= 0.3 is 5.97 Å². The van der Waals surface area contributed by atoms with Gasteiger partial charge in [-0.05, 0) is 35.7 Å². The molecule has 0 saturated heterocycles. The molecule has 0 atom stereocenters. The minimum absolute atomic E-state index is 0.232. The predicted molar refractivity (Wildman–Crippen MR) is 85.3 cm³/mol. The minimum atomic E-state index is -0.488. The quantitative estimate of drug-likeness (QED) is 0.748. The molecule has 0 saturated carbocycles. The second-order valence-electron chi connectivity index (χ2n) is 4.76. The third kappa shape index (κ3) is 2.94. The number of hydrogen-bond acceptors (Lipinski definition) is 6. The molecule has 0 aliphatic carbocycles. The molecule has 2 aromatic heterocycles. The maximum atomic E-state index is 11.4. The fourth-order valence-electron chi connectivity index (χ4n) is 2.17. The first-order chi connectivity index (χ1) is 11.2. The molecule has 6 heteroatoms. The molecule has 0 amide bonds. The van der Waals surface area contributed by atoms with E-state index in [1.165, 1.54) is 13.3 Å². The van der Waals surface area contributed by atoms with E-state index in [0.29, 0.717) is 17.1 Å². The smallest absolute Gasteiger partial charge is 0.356 e. The summed E-state index contributed by atoms with van der Waals surface area (Å²) < 4.78 is 4.61. The van der Waals surface area contributed by atoms with Crippen LogP contribution in [-0.4, -0.2) is 23.0 Å². The number of ether oxygens (including phenoxy) is 1. The number of pyridine rings is 2. The van der Waals surface area contributed by atoms with Crippen molar-refractivity contribution < 1.29 is 9.53 Å². The summed E-state index contributed by atoms with van der Waals surface area (Å²) in [6.07, 6.45) is 3.22. The van der Waals surface area contributed by atoms with Crippen LogP contribution < -0.4 is 5.32 Å². The summed E-state index contributed by atoms with van der Waals surface area (Å²) in [4.78, 5) is 19.7. The van der Waals surface area contributed by atoms with Crippen molar-refractivity contribution in [3.63, 3.8) is 0 Å². The number of anilines is 2. The lowest BCUT2D eigenvalue weighted by Crippen LogP contribution is -2.04. The molecule has 112 valence electrons. The highest BCUT2D eigenvalue weighted by Crippen LogP contribution is 2.25. The molecule has 0 aliphatic rings. The molecule has 0 unspecified atom stereocenters. The zero-order chi connectivity index (χ0) is 16.2. The van der Waals surface area contributed by atoms with E-state index >= 15 is 0 Å². The Morgan fingerprint density at radius 1 is 1.22 bits per heavy atom. The topological polar surface area (TPSA) is 87.9 Å². The highest BCUT2D eigenvalue weighted by molar-refractivity contribution is 5.94. The number of nitriles is 1. The molecular weight excluding hydrogens is 292 g/mol. The van der Waals surface area contributed by atoms with Crippen LogP contribution >= 0.6 is 0 Å². The first kappa shape index (κ1) is 14.5. The maximum absolute atomic E-state index is 11.4. The van der Waals surface area contributed by atoms with Crippen LogP contribution in [0.2, 0.25) is 0 Å². The van der Waals surface area contributed by atoms with Crippen molar-refractivity contribution in [2.75, 3.05) is 12.4 Å². The second-order valence-corrected chi connectivity index (χ2v) is 4.76. The van der Waals surface area contributed by atoms with Gasteiger partial charge in [-0.1, -0.05) is 6.07 Å². The van der Waals surface area contributed by atoms with Crippen molar-refractivity contribution >= 4 is 28.2 Å². The fourth-order valence-corrected chi connectivity index (χ4v) is 2.17. The molecule has 0 radical (unpaired) electrons. The van der Waals surface area contributed by atoms with E-state index in [4.69, 9.17) is 5.26 Å². The molecule has 1 N–H and O–H groups in total. The number of carbonyl (C=O) groups is 1. The first-order valence-electron chi connectivity index (χ1n) is 6.81. The summed E-state index contributed by atoms with van der Waals surface area (Å²) >= 11 is 0. The van der Waals surface area contributed by atoms with Crippen molar-refractivity contribution in [3.8, 4) is 6.07 Å². The van der Waals surface area contributed by atoms with Crippen LogP contribution in [0.15, 0.2) is 48.8 Å². The standard InChI is InChI=1S/C17H12N4O2/c1-23-17(22)15-5-4-13(10-20-15)21-16-14-8-11(9-18)2-3-12(14)6-7-19-16/h2-8,10H,1H3,(H,19,21). The van der Waals surface area contributed by atoms with Crippen molar-refractivity contribution in [1.29, 1.82) is 5.26 Å². The maximum Gasteiger partial charge on any atom is 0.356 e. The van der Waals surface area contributed by atoms with Crippen molar-refractivity contribution in [3.05, 3.63) is 60.0 Å². The summed E-state index contributed by atoms with van der Waals surface area (Å²) in [6, 6.07) is 12.7. The van der Waals surface area contributed by atoms with Crippen LogP contribution in [0, 0.1) is 11.3 Å². The zero-order valence-electron chi connectivity index (χ0n) is 12.3. The summed E-state index contributed by atoms with van der Waals surface area (Å²) in [6.45, 7) is 0. The fraction of sp³-hybridized carbons (Fsp3) is 0.0588. The van der Waals surface area contributed by atoms with Crippen LogP contribution in [0.5, 0.6) is 0 Å². The predicted octanol–water partition coefficient (Wildman–Crippen LogP) is 3.03. The number of aromatic nitrogens is 2. The van der Waals surface area contributed by atoms with Gasteiger partial charge in [0, 0.05) is 11.6 Å². The minimum Gasteiger partial charge on any atom is -0.464 e. The lowest BCUT2D eigenvalue weighted by molar-refractivity contribution is 0.0594. The van der Waals surface area contributed by atoms with Crippen molar-refractivity contribution in [1.82, 2.24) is 9.97 Å². The summed E-state index contributed by atoms with van der Waals surface area (Å²) in [5.74, 6) is 0.130. The van der Waals surface area contributed by atoms with Crippen molar-refractivity contribution in [2.45, 2.75) is 0 Å². The highest BCUT2D eigenvalue weighted by Gasteiger charge is 2.08.